The van der Waals surface area contributed by atoms with Gasteiger partial charge in [0.25, 0.3) is 0 Å². The van der Waals surface area contributed by atoms with Gasteiger partial charge in [0.15, 0.2) is 0 Å². The van der Waals surface area contributed by atoms with Crippen LogP contribution in [-0.2, 0) is 9.59 Å². The average molecular weight is 117 g/mol. The first kappa shape index (κ1) is 27.6. The fourth-order valence-electron chi connectivity index (χ4n) is 0. The van der Waals surface area contributed by atoms with Crippen LogP contribution in [0, 0.1) is 0 Å². The fraction of sp³-hybridized carbons (Fsp3) is 0. The van der Waals surface area contributed by atoms with Gasteiger partial charge >= 0.3 is 10.1 Å². The van der Waals surface area contributed by atoms with Crippen molar-refractivity contribution >= 4 is 23.1 Å². The minimum atomic E-state index is -0.500. The van der Waals surface area contributed by atoms with Gasteiger partial charge in [0.05, 0.1) is 0 Å². The number of carbonyl (C=O) groups excluding carboxylic acids is 2. The normalized spacial score (nSPS) is 3.00. The predicted molar refractivity (Wildman–Crippen MR) is 21.5 cm³/mol. The Hall–Kier alpha value is -0.931. The molecule has 0 fully saturated rings. The molecule has 0 aliphatic rings. The zero-order chi connectivity index (χ0) is 5.41. The molecule has 0 saturated heterocycles. The van der Waals surface area contributed by atoms with E-state index in [9.17, 15) is 0 Å². The maximum absolute atomic E-state index is 8.25. The van der Waals surface area contributed by atoms with E-state index in [0.29, 0.717) is 0 Å². The van der Waals surface area contributed by atoms with Crippen LogP contribution in [0.1, 0.15) is 0 Å². The maximum atomic E-state index is 8.25. The molecule has 0 amide bonds. The van der Waals surface area contributed by atoms with Crippen molar-refractivity contribution in [2.24, 2.45) is 0 Å². The van der Waals surface area contributed by atoms with Crippen molar-refractivity contribution in [2.75, 3.05) is 0 Å². The summed E-state index contributed by atoms with van der Waals surface area (Å²) < 4.78 is 0. The van der Waals surface area contributed by atoms with Crippen LogP contribution >= 0.6 is 0 Å². The monoisotopic (exact) mass is 117 g/mol. The number of hydrogen-bond acceptors (Lipinski definition) is 4. The second kappa shape index (κ2) is 136. The number of rotatable bonds is 0. The van der Waals surface area contributed by atoms with E-state index < -0.39 is 12.9 Å². The van der Waals surface area contributed by atoms with Crippen LogP contribution < -0.4 is 10.2 Å². The molecule has 2 N–H and O–H groups in total. The summed E-state index contributed by atoms with van der Waals surface area (Å²) in [6, 6.07) is 0. The molecule has 0 aromatic carbocycles. The van der Waals surface area contributed by atoms with Gasteiger partial charge in [0.1, 0.15) is 0 Å². The van der Waals surface area contributed by atoms with Gasteiger partial charge in [-0.15, -0.1) is 0 Å². The molecule has 5 nitrogen and oxygen atoms in total. The third-order valence-corrected chi connectivity index (χ3v) is 0. The molecule has 0 aliphatic heterocycles. The van der Waals surface area contributed by atoms with E-state index in [1.165, 1.54) is 0 Å². The molecular formula is C2H4BeO5. The molecule has 6 heteroatoms. The van der Waals surface area contributed by atoms with Crippen LogP contribution in [0.2, 0.25) is 0 Å². The molecule has 0 aromatic heterocycles. The second-order valence-electron chi connectivity index (χ2n) is 0.192. The predicted octanol–water partition coefficient (Wildman–Crippen LogP) is -4.47. The molecule has 0 radical (unpaired) electrons. The first-order valence-electron chi connectivity index (χ1n) is 0.943. The van der Waals surface area contributed by atoms with Gasteiger partial charge in [-0.05, 0) is 0 Å². The van der Waals surface area contributed by atoms with Gasteiger partial charge in [-0.3, -0.25) is 0 Å². The summed E-state index contributed by atoms with van der Waals surface area (Å²) in [6.45, 7) is -1.00. The van der Waals surface area contributed by atoms with E-state index in [1.807, 2.05) is 0 Å². The Morgan fingerprint density at radius 1 is 1.00 bits per heavy atom. The van der Waals surface area contributed by atoms with Crippen LogP contribution in [0.3, 0.4) is 0 Å². The molecule has 0 unspecified atom stereocenters. The Labute approximate surface area is 49.5 Å². The zero-order valence-corrected chi connectivity index (χ0v) is 3.99. The maximum Gasteiger partial charge on any atom is 2.00 e. The number of carboxylic acid groups (broad SMARTS) is 2. The standard InChI is InChI=1S/2CH2O2.Be.H2O/c2*2-1-3;;/h2*1H,(H,2,3);;1H2/q;;+2;/p-2. The van der Waals surface area contributed by atoms with E-state index in [2.05, 4.69) is 0 Å². The van der Waals surface area contributed by atoms with E-state index in [1.54, 1.807) is 0 Å². The summed E-state index contributed by atoms with van der Waals surface area (Å²) in [7, 11) is 0. The van der Waals surface area contributed by atoms with Gasteiger partial charge in [0.2, 0.25) is 0 Å². The Bertz CT molecular complexity index is 31.4. The first-order valence-corrected chi connectivity index (χ1v) is 0.943. The van der Waals surface area contributed by atoms with Gasteiger partial charge < -0.3 is 25.3 Å². The zero-order valence-electron chi connectivity index (χ0n) is 3.99. The molecule has 0 spiro atoms. The van der Waals surface area contributed by atoms with Crippen LogP contribution in [0.15, 0.2) is 0 Å². The molecule has 44 valence electrons. The van der Waals surface area contributed by atoms with Gasteiger partial charge in [-0.25, -0.2) is 0 Å². The van der Waals surface area contributed by atoms with Crippen molar-refractivity contribution in [1.29, 1.82) is 0 Å². The molecule has 8 heavy (non-hydrogen) atoms. The van der Waals surface area contributed by atoms with Crippen molar-refractivity contribution in [3.8, 4) is 0 Å². The first-order chi connectivity index (χ1) is 2.83. The summed E-state index contributed by atoms with van der Waals surface area (Å²) >= 11 is 0. The smallest absolute Gasteiger partial charge is 0.554 e. The van der Waals surface area contributed by atoms with Crippen molar-refractivity contribution in [3.05, 3.63) is 0 Å². The number of carbonyl (C=O) groups is 2. The fourth-order valence-corrected chi connectivity index (χ4v) is 0. The Kier molecular flexibility index (Phi) is 472. The van der Waals surface area contributed by atoms with Crippen molar-refractivity contribution in [2.45, 2.75) is 0 Å². The topological polar surface area (TPSA) is 112 Å². The largest absolute Gasteiger partial charge is 2.00 e. The Morgan fingerprint density at radius 3 is 1.00 bits per heavy atom. The molecule has 0 saturated carbocycles. The average Bonchev–Trinajstić information content (AvgIpc) is 1.39. The molecule has 0 atom stereocenters. The Balaban J connectivity index is -0.0000000160. The third-order valence-electron chi connectivity index (χ3n) is 0. The third kappa shape index (κ3) is 96.8. The SMILES string of the molecule is O.O=C[O-].O=C[O-].[Be+2]. The van der Waals surface area contributed by atoms with E-state index in [-0.39, 0.29) is 15.6 Å². The van der Waals surface area contributed by atoms with Crippen molar-refractivity contribution < 1.29 is 25.3 Å². The minimum Gasteiger partial charge on any atom is -0.554 e. The van der Waals surface area contributed by atoms with E-state index in [4.69, 9.17) is 19.8 Å². The number of hydrogen-bond donors (Lipinski definition) is 0. The summed E-state index contributed by atoms with van der Waals surface area (Å²) in [6.07, 6.45) is 0. The minimum absolute atomic E-state index is 0. The van der Waals surface area contributed by atoms with Gasteiger partial charge in [0, 0.05) is 12.9 Å². The molecule has 0 aromatic rings. The summed E-state index contributed by atoms with van der Waals surface area (Å²) in [4.78, 5) is 16.5. The van der Waals surface area contributed by atoms with Crippen LogP contribution in [0.4, 0.5) is 0 Å². The summed E-state index contributed by atoms with van der Waals surface area (Å²) in [5.41, 5.74) is 0. The molecule has 0 bridgehead atoms. The molecular weight excluding hydrogens is 113 g/mol. The van der Waals surface area contributed by atoms with Crippen LogP contribution in [-0.4, -0.2) is 28.5 Å². The van der Waals surface area contributed by atoms with Gasteiger partial charge in [-0.2, -0.15) is 0 Å². The van der Waals surface area contributed by atoms with Gasteiger partial charge in [-0.1, -0.05) is 0 Å². The summed E-state index contributed by atoms with van der Waals surface area (Å²) in [5, 5.41) is 16.5. The van der Waals surface area contributed by atoms with Crippen LogP contribution in [0.25, 0.3) is 0 Å². The summed E-state index contributed by atoms with van der Waals surface area (Å²) in [5.74, 6) is 0. The Morgan fingerprint density at radius 2 is 1.00 bits per heavy atom. The second-order valence-corrected chi connectivity index (χ2v) is 0.192. The van der Waals surface area contributed by atoms with E-state index in [0.717, 1.165) is 0 Å². The van der Waals surface area contributed by atoms with Crippen molar-refractivity contribution in [1.82, 2.24) is 0 Å². The van der Waals surface area contributed by atoms with Crippen molar-refractivity contribution in [3.63, 3.8) is 0 Å². The quantitative estimate of drug-likeness (QED) is 0.235. The molecule has 0 rings (SSSR count). The molecule has 0 heterocycles. The van der Waals surface area contributed by atoms with Crippen LogP contribution in [0.5, 0.6) is 0 Å². The molecule has 0 aliphatic carbocycles. The van der Waals surface area contributed by atoms with E-state index >= 15 is 0 Å².